The van der Waals surface area contributed by atoms with Crippen molar-refractivity contribution in [1.82, 2.24) is 5.32 Å². The second-order valence-electron chi connectivity index (χ2n) is 6.97. The lowest BCUT2D eigenvalue weighted by Crippen LogP contribution is -2.36. The number of imide groups is 1. The van der Waals surface area contributed by atoms with Gasteiger partial charge in [0.15, 0.2) is 0 Å². The van der Waals surface area contributed by atoms with Gasteiger partial charge in [-0.1, -0.05) is 73.7 Å². The van der Waals surface area contributed by atoms with Crippen molar-refractivity contribution in [2.75, 3.05) is 4.90 Å². The standard InChI is InChI=1S/C21H21ClN2O2/c22-18-19(23-15-10-3-1-2-4-11-15)21(26)24(20(18)25)17-13-7-9-14-8-5-6-12-16(14)17/h5-9,12-13,15,23H,1-4,10-11H2. The van der Waals surface area contributed by atoms with Gasteiger partial charge in [0.05, 0.1) is 5.69 Å². The van der Waals surface area contributed by atoms with E-state index in [1.165, 1.54) is 17.7 Å². The number of benzene rings is 2. The number of rotatable bonds is 3. The Balaban J connectivity index is 1.66. The van der Waals surface area contributed by atoms with Gasteiger partial charge in [-0.2, -0.15) is 0 Å². The summed E-state index contributed by atoms with van der Waals surface area (Å²) in [5, 5.41) is 5.10. The fourth-order valence-electron chi connectivity index (χ4n) is 3.88. The van der Waals surface area contributed by atoms with Crippen LogP contribution in [0.15, 0.2) is 53.2 Å². The fraction of sp³-hybridized carbons (Fsp3) is 0.333. The number of nitrogens with zero attached hydrogens (tertiary/aromatic N) is 1. The quantitative estimate of drug-likeness (QED) is 0.642. The molecule has 26 heavy (non-hydrogen) atoms. The van der Waals surface area contributed by atoms with Crippen LogP contribution >= 0.6 is 11.6 Å². The van der Waals surface area contributed by atoms with Crippen LogP contribution in [-0.4, -0.2) is 17.9 Å². The monoisotopic (exact) mass is 368 g/mol. The number of nitrogens with one attached hydrogen (secondary N) is 1. The third-order valence-corrected chi connectivity index (χ3v) is 5.59. The summed E-state index contributed by atoms with van der Waals surface area (Å²) in [5.74, 6) is -0.815. The maximum Gasteiger partial charge on any atom is 0.283 e. The Bertz CT molecular complexity index is 893. The second kappa shape index (κ2) is 7.12. The molecule has 2 aromatic carbocycles. The van der Waals surface area contributed by atoms with E-state index < -0.39 is 5.91 Å². The maximum atomic E-state index is 13.0. The smallest absolute Gasteiger partial charge is 0.283 e. The van der Waals surface area contributed by atoms with Gasteiger partial charge in [-0.25, -0.2) is 4.90 Å². The van der Waals surface area contributed by atoms with Gasteiger partial charge in [-0.05, 0) is 24.3 Å². The Labute approximate surface area is 157 Å². The van der Waals surface area contributed by atoms with E-state index in [2.05, 4.69) is 5.32 Å². The molecule has 0 aromatic heterocycles. The molecule has 5 heteroatoms. The molecule has 1 saturated carbocycles. The van der Waals surface area contributed by atoms with E-state index >= 15 is 0 Å². The Morgan fingerprint density at radius 2 is 1.58 bits per heavy atom. The van der Waals surface area contributed by atoms with E-state index in [4.69, 9.17) is 11.6 Å². The van der Waals surface area contributed by atoms with E-state index in [1.807, 2.05) is 36.4 Å². The number of fused-ring (bicyclic) bond motifs is 1. The molecule has 1 heterocycles. The highest BCUT2D eigenvalue weighted by Gasteiger charge is 2.40. The van der Waals surface area contributed by atoms with Crippen LogP contribution in [0.25, 0.3) is 10.8 Å². The summed E-state index contributed by atoms with van der Waals surface area (Å²) >= 11 is 6.28. The Morgan fingerprint density at radius 3 is 2.35 bits per heavy atom. The van der Waals surface area contributed by atoms with E-state index in [-0.39, 0.29) is 22.7 Å². The van der Waals surface area contributed by atoms with Crippen LogP contribution in [-0.2, 0) is 9.59 Å². The zero-order valence-electron chi connectivity index (χ0n) is 14.5. The van der Waals surface area contributed by atoms with Crippen LogP contribution in [0.5, 0.6) is 0 Å². The van der Waals surface area contributed by atoms with Crippen molar-refractivity contribution in [3.63, 3.8) is 0 Å². The number of amides is 2. The predicted octanol–water partition coefficient (Wildman–Crippen LogP) is 4.48. The third-order valence-electron chi connectivity index (χ3n) is 5.24. The van der Waals surface area contributed by atoms with Gasteiger partial charge >= 0.3 is 0 Å². The minimum Gasteiger partial charge on any atom is -0.376 e. The molecule has 0 saturated heterocycles. The summed E-state index contributed by atoms with van der Waals surface area (Å²) in [6, 6.07) is 13.5. The third kappa shape index (κ3) is 2.99. The lowest BCUT2D eigenvalue weighted by molar-refractivity contribution is -0.120. The van der Waals surface area contributed by atoms with Gasteiger partial charge in [0.25, 0.3) is 11.8 Å². The van der Waals surface area contributed by atoms with Crippen molar-refractivity contribution in [3.05, 3.63) is 53.2 Å². The minimum absolute atomic E-state index is 0.00724. The number of anilines is 1. The molecule has 2 amide bonds. The molecule has 4 nitrogen and oxygen atoms in total. The van der Waals surface area contributed by atoms with Crippen LogP contribution in [0, 0.1) is 0 Å². The van der Waals surface area contributed by atoms with E-state index in [0.29, 0.717) is 5.69 Å². The van der Waals surface area contributed by atoms with Crippen LogP contribution in [0.3, 0.4) is 0 Å². The SMILES string of the molecule is O=C1C(Cl)=C(NC2CCCCCC2)C(=O)N1c1cccc2ccccc12. The molecular weight excluding hydrogens is 348 g/mol. The number of hydrogen-bond acceptors (Lipinski definition) is 3. The molecule has 1 N–H and O–H groups in total. The lowest BCUT2D eigenvalue weighted by Gasteiger charge is -2.20. The van der Waals surface area contributed by atoms with Crippen LogP contribution in [0.1, 0.15) is 38.5 Å². The summed E-state index contributed by atoms with van der Waals surface area (Å²) in [6.45, 7) is 0. The first-order valence-corrected chi connectivity index (χ1v) is 9.57. The van der Waals surface area contributed by atoms with Gasteiger partial charge in [-0.3, -0.25) is 9.59 Å². The molecule has 2 aromatic rings. The van der Waals surface area contributed by atoms with Crippen LogP contribution in [0.4, 0.5) is 5.69 Å². The molecule has 4 rings (SSSR count). The predicted molar refractivity (Wildman–Crippen MR) is 104 cm³/mol. The van der Waals surface area contributed by atoms with Gasteiger partial charge in [0.1, 0.15) is 10.7 Å². The Morgan fingerprint density at radius 1 is 0.885 bits per heavy atom. The van der Waals surface area contributed by atoms with E-state index in [9.17, 15) is 9.59 Å². The first kappa shape index (κ1) is 17.1. The molecule has 0 bridgehead atoms. The van der Waals surface area contributed by atoms with Gasteiger partial charge in [0, 0.05) is 11.4 Å². The second-order valence-corrected chi connectivity index (χ2v) is 7.34. The molecule has 134 valence electrons. The zero-order valence-corrected chi connectivity index (χ0v) is 15.3. The highest BCUT2D eigenvalue weighted by atomic mass is 35.5. The number of hydrogen-bond donors (Lipinski definition) is 1. The average molecular weight is 369 g/mol. The Hall–Kier alpha value is -2.33. The molecular formula is C21H21ClN2O2. The summed E-state index contributed by atoms with van der Waals surface area (Å²) in [7, 11) is 0. The molecule has 0 atom stereocenters. The zero-order chi connectivity index (χ0) is 18.1. The average Bonchev–Trinajstić information content (AvgIpc) is 2.85. The fourth-order valence-corrected chi connectivity index (χ4v) is 4.10. The van der Waals surface area contributed by atoms with Crippen LogP contribution < -0.4 is 10.2 Å². The number of carbonyl (C=O) groups is 2. The first-order valence-electron chi connectivity index (χ1n) is 9.19. The van der Waals surface area contributed by atoms with Gasteiger partial charge in [0.2, 0.25) is 0 Å². The number of carbonyl (C=O) groups excluding carboxylic acids is 2. The summed E-state index contributed by atoms with van der Waals surface area (Å²) in [5.41, 5.74) is 0.824. The highest BCUT2D eigenvalue weighted by Crippen LogP contribution is 2.34. The van der Waals surface area contributed by atoms with Crippen molar-refractivity contribution in [1.29, 1.82) is 0 Å². The summed E-state index contributed by atoms with van der Waals surface area (Å²) < 4.78 is 0. The topological polar surface area (TPSA) is 49.4 Å². The maximum absolute atomic E-state index is 13.0. The Kier molecular flexibility index (Phi) is 4.68. The molecule has 1 aliphatic carbocycles. The number of halogens is 1. The van der Waals surface area contributed by atoms with Gasteiger partial charge in [-0.15, -0.1) is 0 Å². The molecule has 0 spiro atoms. The van der Waals surface area contributed by atoms with Crippen molar-refractivity contribution >= 4 is 39.9 Å². The van der Waals surface area contributed by atoms with E-state index in [0.717, 1.165) is 36.5 Å². The molecule has 0 unspecified atom stereocenters. The minimum atomic E-state index is -0.454. The summed E-state index contributed by atoms with van der Waals surface area (Å²) in [6.07, 6.45) is 6.72. The van der Waals surface area contributed by atoms with Crippen LogP contribution in [0.2, 0.25) is 0 Å². The van der Waals surface area contributed by atoms with Crippen molar-refractivity contribution in [2.24, 2.45) is 0 Å². The highest BCUT2D eigenvalue weighted by molar-refractivity contribution is 6.53. The lowest BCUT2D eigenvalue weighted by atomic mass is 10.1. The molecule has 0 radical (unpaired) electrons. The van der Waals surface area contributed by atoms with Crippen molar-refractivity contribution < 1.29 is 9.59 Å². The van der Waals surface area contributed by atoms with Crippen molar-refractivity contribution in [2.45, 2.75) is 44.6 Å². The van der Waals surface area contributed by atoms with E-state index in [1.54, 1.807) is 6.07 Å². The first-order chi connectivity index (χ1) is 12.7. The normalized spacial score (nSPS) is 19.3. The summed E-state index contributed by atoms with van der Waals surface area (Å²) in [4.78, 5) is 27.0. The molecule has 1 fully saturated rings. The molecule has 1 aliphatic heterocycles. The molecule has 2 aliphatic rings. The van der Waals surface area contributed by atoms with Gasteiger partial charge < -0.3 is 5.32 Å². The largest absolute Gasteiger partial charge is 0.376 e. The van der Waals surface area contributed by atoms with Crippen molar-refractivity contribution in [3.8, 4) is 0 Å².